The Morgan fingerprint density at radius 3 is 2.94 bits per heavy atom. The molecule has 0 radical (unpaired) electrons. The van der Waals surface area contributed by atoms with Crippen LogP contribution in [0.2, 0.25) is 0 Å². The number of hydrogen-bond acceptors (Lipinski definition) is 5. The molecule has 1 aliphatic carbocycles. The Kier molecular flexibility index (Phi) is 4.36. The fraction of sp³-hybridized carbons (Fsp3) is 0.692. The summed E-state index contributed by atoms with van der Waals surface area (Å²) < 4.78 is 0. The third kappa shape index (κ3) is 3.32. The van der Waals surface area contributed by atoms with Gasteiger partial charge in [-0.25, -0.2) is 10.8 Å². The Morgan fingerprint density at radius 1 is 1.39 bits per heavy atom. The molecule has 4 N–H and O–H groups in total. The molecule has 0 amide bonds. The molecule has 18 heavy (non-hydrogen) atoms. The number of nitrogens with two attached hydrogens (primary N) is 1. The maximum Gasteiger partial charge on any atom is 0.239 e. The average Bonchev–Trinajstić information content (AvgIpc) is 2.38. The number of hydrazine groups is 1. The summed E-state index contributed by atoms with van der Waals surface area (Å²) in [4.78, 5) is 8.53. The van der Waals surface area contributed by atoms with Crippen LogP contribution >= 0.6 is 0 Å². The number of nitrogens with one attached hydrogen (secondary N) is 2. The van der Waals surface area contributed by atoms with E-state index in [1.165, 1.54) is 32.1 Å². The molecule has 1 heterocycles. The van der Waals surface area contributed by atoms with Gasteiger partial charge < -0.3 is 5.32 Å². The first-order chi connectivity index (χ1) is 8.71. The van der Waals surface area contributed by atoms with Crippen molar-refractivity contribution in [2.45, 2.75) is 52.0 Å². The molecule has 2 rings (SSSR count). The van der Waals surface area contributed by atoms with Crippen LogP contribution < -0.4 is 16.6 Å². The zero-order valence-electron chi connectivity index (χ0n) is 11.2. The van der Waals surface area contributed by atoms with Crippen molar-refractivity contribution in [3.05, 3.63) is 11.8 Å². The monoisotopic (exact) mass is 249 g/mol. The van der Waals surface area contributed by atoms with Crippen LogP contribution in [0.15, 0.2) is 6.07 Å². The van der Waals surface area contributed by atoms with Gasteiger partial charge in [0.05, 0.1) is 0 Å². The van der Waals surface area contributed by atoms with Crippen LogP contribution in [0.25, 0.3) is 0 Å². The summed E-state index contributed by atoms with van der Waals surface area (Å²) in [6.07, 6.45) is 6.42. The molecule has 5 nitrogen and oxygen atoms in total. The van der Waals surface area contributed by atoms with Crippen molar-refractivity contribution in [2.75, 3.05) is 10.7 Å². The maximum absolute atomic E-state index is 5.36. The van der Waals surface area contributed by atoms with Crippen LogP contribution in [0, 0.1) is 12.8 Å². The summed E-state index contributed by atoms with van der Waals surface area (Å²) in [5, 5.41) is 3.51. The van der Waals surface area contributed by atoms with Gasteiger partial charge in [0.25, 0.3) is 0 Å². The van der Waals surface area contributed by atoms with E-state index in [1.54, 1.807) is 0 Å². The Labute approximate surface area is 109 Å². The highest BCUT2D eigenvalue weighted by molar-refractivity contribution is 5.42. The number of nitrogen functional groups attached to an aromatic ring is 1. The van der Waals surface area contributed by atoms with E-state index >= 15 is 0 Å². The highest BCUT2D eigenvalue weighted by Crippen LogP contribution is 2.28. The predicted molar refractivity (Wildman–Crippen MR) is 74.2 cm³/mol. The lowest BCUT2D eigenvalue weighted by Crippen LogP contribution is -2.27. The van der Waals surface area contributed by atoms with Gasteiger partial charge in [0.15, 0.2) is 0 Å². The van der Waals surface area contributed by atoms with Crippen molar-refractivity contribution < 1.29 is 0 Å². The molecule has 1 fully saturated rings. The lowest BCUT2D eigenvalue weighted by atomic mass is 9.84. The molecule has 1 aromatic rings. The van der Waals surface area contributed by atoms with E-state index in [2.05, 4.69) is 27.6 Å². The topological polar surface area (TPSA) is 75.9 Å². The van der Waals surface area contributed by atoms with E-state index in [-0.39, 0.29) is 0 Å². The number of aryl methyl sites for hydroxylation is 1. The van der Waals surface area contributed by atoms with Crippen molar-refractivity contribution in [1.29, 1.82) is 0 Å². The maximum atomic E-state index is 5.36. The number of hydrogen-bond donors (Lipinski definition) is 3. The lowest BCUT2D eigenvalue weighted by molar-refractivity contribution is 0.327. The zero-order chi connectivity index (χ0) is 13.0. The first-order valence-corrected chi connectivity index (χ1v) is 6.80. The second-order valence-corrected chi connectivity index (χ2v) is 5.14. The normalized spacial score (nSPS) is 23.7. The molecule has 0 aliphatic heterocycles. The Balaban J connectivity index is 2.02. The van der Waals surface area contributed by atoms with Gasteiger partial charge >= 0.3 is 0 Å². The molecule has 0 bridgehead atoms. The van der Waals surface area contributed by atoms with E-state index < -0.39 is 0 Å². The highest BCUT2D eigenvalue weighted by Gasteiger charge is 2.20. The molecular weight excluding hydrogens is 226 g/mol. The summed E-state index contributed by atoms with van der Waals surface area (Å²) in [6, 6.07) is 2.50. The van der Waals surface area contributed by atoms with Gasteiger partial charge in [0.2, 0.25) is 5.95 Å². The van der Waals surface area contributed by atoms with Crippen LogP contribution in [0.5, 0.6) is 0 Å². The Morgan fingerprint density at radius 2 is 2.22 bits per heavy atom. The third-order valence-electron chi connectivity index (χ3n) is 3.70. The second-order valence-electron chi connectivity index (χ2n) is 5.14. The summed E-state index contributed by atoms with van der Waals surface area (Å²) in [5.41, 5.74) is 3.42. The van der Waals surface area contributed by atoms with Crippen molar-refractivity contribution in [2.24, 2.45) is 11.8 Å². The van der Waals surface area contributed by atoms with Gasteiger partial charge in [-0.15, -0.1) is 0 Å². The van der Waals surface area contributed by atoms with E-state index in [0.717, 1.165) is 17.4 Å². The van der Waals surface area contributed by atoms with Crippen LogP contribution in [0.3, 0.4) is 0 Å². The summed E-state index contributed by atoms with van der Waals surface area (Å²) >= 11 is 0. The lowest BCUT2D eigenvalue weighted by Gasteiger charge is -2.29. The van der Waals surface area contributed by atoms with Crippen molar-refractivity contribution in [1.82, 2.24) is 9.97 Å². The quantitative estimate of drug-likeness (QED) is 0.564. The second kappa shape index (κ2) is 6.00. The van der Waals surface area contributed by atoms with Crippen LogP contribution in [-0.2, 0) is 0 Å². The van der Waals surface area contributed by atoms with Crippen molar-refractivity contribution in [3.8, 4) is 0 Å². The van der Waals surface area contributed by atoms with E-state index in [1.807, 2.05) is 13.0 Å². The summed E-state index contributed by atoms with van der Waals surface area (Å²) in [6.45, 7) is 4.22. The minimum Gasteiger partial charge on any atom is -0.367 e. The molecular formula is C13H23N5. The van der Waals surface area contributed by atoms with Crippen molar-refractivity contribution >= 4 is 11.8 Å². The summed E-state index contributed by atoms with van der Waals surface area (Å²) in [7, 11) is 0. The molecule has 2 atom stereocenters. The molecule has 1 aromatic heterocycles. The molecule has 1 saturated carbocycles. The predicted octanol–water partition coefficient (Wildman–Crippen LogP) is 2.45. The molecule has 2 unspecified atom stereocenters. The number of anilines is 2. The molecule has 5 heteroatoms. The first kappa shape index (κ1) is 13.1. The van der Waals surface area contributed by atoms with E-state index in [4.69, 9.17) is 5.84 Å². The third-order valence-corrected chi connectivity index (χ3v) is 3.70. The summed E-state index contributed by atoms with van der Waals surface area (Å²) in [5.74, 6) is 7.56. The van der Waals surface area contributed by atoms with Gasteiger partial charge in [-0.3, -0.25) is 5.43 Å². The van der Waals surface area contributed by atoms with E-state index in [9.17, 15) is 0 Å². The largest absolute Gasteiger partial charge is 0.367 e. The number of rotatable bonds is 4. The van der Waals surface area contributed by atoms with Crippen molar-refractivity contribution in [3.63, 3.8) is 0 Å². The molecule has 0 aromatic carbocycles. The van der Waals surface area contributed by atoms with Gasteiger partial charge in [0, 0.05) is 17.8 Å². The van der Waals surface area contributed by atoms with Gasteiger partial charge in [0.1, 0.15) is 5.82 Å². The van der Waals surface area contributed by atoms with Gasteiger partial charge in [-0.05, 0) is 25.7 Å². The Bertz CT molecular complexity index is 393. The first-order valence-electron chi connectivity index (χ1n) is 6.80. The highest BCUT2D eigenvalue weighted by atomic mass is 15.3. The Hall–Kier alpha value is -1.36. The van der Waals surface area contributed by atoms with Crippen LogP contribution in [0.1, 0.15) is 44.7 Å². The molecule has 0 spiro atoms. The minimum absolute atomic E-state index is 0.473. The average molecular weight is 249 g/mol. The smallest absolute Gasteiger partial charge is 0.239 e. The minimum atomic E-state index is 0.473. The number of aromatic nitrogens is 2. The fourth-order valence-electron chi connectivity index (χ4n) is 2.71. The molecule has 1 aliphatic rings. The zero-order valence-corrected chi connectivity index (χ0v) is 11.2. The SMILES string of the molecule is CCC1CCCC(Nc2cc(C)nc(NN)n2)C1. The number of nitrogens with zero attached hydrogens (tertiary/aromatic N) is 2. The van der Waals surface area contributed by atoms with Crippen LogP contribution in [0.4, 0.5) is 11.8 Å². The van der Waals surface area contributed by atoms with Gasteiger partial charge in [-0.2, -0.15) is 4.98 Å². The standard InChI is InChI=1S/C13H23N5/c1-3-10-5-4-6-11(8-10)16-12-7-9(2)15-13(17-12)18-14/h7,10-11H,3-6,8,14H2,1-2H3,(H2,15,16,17,18). The fourth-order valence-corrected chi connectivity index (χ4v) is 2.71. The molecule has 0 saturated heterocycles. The van der Waals surface area contributed by atoms with Gasteiger partial charge in [-0.1, -0.05) is 26.2 Å². The molecule has 100 valence electrons. The van der Waals surface area contributed by atoms with E-state index in [0.29, 0.717) is 12.0 Å². The van der Waals surface area contributed by atoms with Crippen LogP contribution in [-0.4, -0.2) is 16.0 Å².